The van der Waals surface area contributed by atoms with E-state index in [1.54, 1.807) is 0 Å². The summed E-state index contributed by atoms with van der Waals surface area (Å²) in [5, 5.41) is 12.1. The molecule has 2 N–H and O–H groups in total. The molecule has 0 bridgehead atoms. The van der Waals surface area contributed by atoms with Gasteiger partial charge in [-0.2, -0.15) is 0 Å². The lowest BCUT2D eigenvalue weighted by Crippen LogP contribution is -2.20. The Kier molecular flexibility index (Phi) is 1.20. The third kappa shape index (κ3) is 0.669. The smallest absolute Gasteiger partial charge is 0.223 e. The van der Waals surface area contributed by atoms with E-state index in [0.29, 0.717) is 6.54 Å². The van der Waals surface area contributed by atoms with Crippen LogP contribution in [0, 0.1) is 11.8 Å². The van der Waals surface area contributed by atoms with Crippen LogP contribution in [-0.4, -0.2) is 23.7 Å². The minimum absolute atomic E-state index is 0.120. The number of aliphatic hydroxyl groups is 1. The van der Waals surface area contributed by atoms with Gasteiger partial charge in [-0.3, -0.25) is 4.79 Å². The van der Waals surface area contributed by atoms with E-state index in [-0.39, 0.29) is 23.8 Å². The normalized spacial score (nSPS) is 45.3. The largest absolute Gasteiger partial charge is 0.393 e. The minimum Gasteiger partial charge on any atom is -0.393 e. The molecule has 1 saturated heterocycles. The quantitative estimate of drug-likeness (QED) is 0.478. The van der Waals surface area contributed by atoms with Crippen LogP contribution in [0.4, 0.5) is 0 Å². The fraction of sp³-hybridized carbons (Fsp3) is 0.857. The zero-order valence-corrected chi connectivity index (χ0v) is 5.71. The molecule has 1 saturated carbocycles. The molecule has 3 heteroatoms. The average molecular weight is 141 g/mol. The summed E-state index contributed by atoms with van der Waals surface area (Å²) in [7, 11) is 0. The van der Waals surface area contributed by atoms with E-state index in [4.69, 9.17) is 0 Å². The highest BCUT2D eigenvalue weighted by Crippen LogP contribution is 2.34. The Hall–Kier alpha value is -0.570. The lowest BCUT2D eigenvalue weighted by Gasteiger charge is -2.08. The molecule has 1 aliphatic heterocycles. The van der Waals surface area contributed by atoms with Gasteiger partial charge in [-0.05, 0) is 12.8 Å². The average Bonchev–Trinajstić information content (AvgIpc) is 2.41. The molecule has 0 aromatic rings. The lowest BCUT2D eigenvalue weighted by molar-refractivity contribution is -0.122. The van der Waals surface area contributed by atoms with Gasteiger partial charge >= 0.3 is 0 Å². The summed E-state index contributed by atoms with van der Waals surface area (Å²) >= 11 is 0. The summed E-state index contributed by atoms with van der Waals surface area (Å²) in [6.45, 7) is 0.685. The van der Waals surface area contributed by atoms with Gasteiger partial charge in [0.2, 0.25) is 5.91 Å². The first-order valence-electron chi connectivity index (χ1n) is 3.75. The maximum Gasteiger partial charge on any atom is 0.223 e. The van der Waals surface area contributed by atoms with Crippen molar-refractivity contribution in [3.05, 3.63) is 0 Å². The monoisotopic (exact) mass is 141 g/mol. The Balaban J connectivity index is 2.16. The maximum atomic E-state index is 11.0. The molecule has 3 unspecified atom stereocenters. The van der Waals surface area contributed by atoms with Gasteiger partial charge in [0.15, 0.2) is 0 Å². The molecule has 0 spiro atoms. The number of rotatable bonds is 0. The summed E-state index contributed by atoms with van der Waals surface area (Å²) in [5.74, 6) is 0.476. The zero-order valence-electron chi connectivity index (χ0n) is 5.71. The van der Waals surface area contributed by atoms with E-state index >= 15 is 0 Å². The molecule has 1 aliphatic carbocycles. The number of carbonyl (C=O) groups is 1. The van der Waals surface area contributed by atoms with Crippen molar-refractivity contribution in [3.63, 3.8) is 0 Å². The van der Waals surface area contributed by atoms with Crippen molar-refractivity contribution < 1.29 is 9.90 Å². The lowest BCUT2D eigenvalue weighted by atomic mass is 9.99. The molecule has 2 fully saturated rings. The van der Waals surface area contributed by atoms with Crippen LogP contribution in [0.15, 0.2) is 0 Å². The fourth-order valence-electron chi connectivity index (χ4n) is 2.00. The molecule has 0 radical (unpaired) electrons. The van der Waals surface area contributed by atoms with Gasteiger partial charge in [-0.25, -0.2) is 0 Å². The molecule has 1 amide bonds. The molecule has 1 heterocycles. The van der Waals surface area contributed by atoms with E-state index < -0.39 is 0 Å². The number of fused-ring (bicyclic) bond motifs is 1. The number of nitrogens with one attached hydrogen (secondary N) is 1. The second-order valence-corrected chi connectivity index (χ2v) is 3.16. The van der Waals surface area contributed by atoms with Crippen molar-refractivity contribution in [1.29, 1.82) is 0 Å². The fourth-order valence-corrected chi connectivity index (χ4v) is 2.00. The number of hydrogen-bond acceptors (Lipinski definition) is 2. The van der Waals surface area contributed by atoms with E-state index in [2.05, 4.69) is 5.32 Å². The third-order valence-corrected chi connectivity index (χ3v) is 2.63. The van der Waals surface area contributed by atoms with Gasteiger partial charge < -0.3 is 10.4 Å². The van der Waals surface area contributed by atoms with Crippen molar-refractivity contribution >= 4 is 5.91 Å². The highest BCUT2D eigenvalue weighted by atomic mass is 16.3. The van der Waals surface area contributed by atoms with Crippen molar-refractivity contribution in [3.8, 4) is 0 Å². The molecule has 3 nitrogen and oxygen atoms in total. The first kappa shape index (κ1) is 6.16. The summed E-state index contributed by atoms with van der Waals surface area (Å²) in [5.41, 5.74) is 0. The van der Waals surface area contributed by atoms with E-state index in [1.807, 2.05) is 0 Å². The van der Waals surface area contributed by atoms with Crippen LogP contribution >= 0.6 is 0 Å². The highest BCUT2D eigenvalue weighted by molar-refractivity contribution is 5.81. The predicted octanol–water partition coefficient (Wildman–Crippen LogP) is -0.497. The van der Waals surface area contributed by atoms with Gasteiger partial charge in [-0.15, -0.1) is 0 Å². The summed E-state index contributed by atoms with van der Waals surface area (Å²) in [6, 6.07) is 0. The van der Waals surface area contributed by atoms with Crippen LogP contribution in [0.25, 0.3) is 0 Å². The van der Waals surface area contributed by atoms with Crippen molar-refractivity contribution in [1.82, 2.24) is 5.32 Å². The highest BCUT2D eigenvalue weighted by Gasteiger charge is 2.43. The van der Waals surface area contributed by atoms with Crippen LogP contribution in [0.2, 0.25) is 0 Å². The maximum absolute atomic E-state index is 11.0. The van der Waals surface area contributed by atoms with Gasteiger partial charge in [0, 0.05) is 18.4 Å². The van der Waals surface area contributed by atoms with Crippen molar-refractivity contribution in [2.75, 3.05) is 6.54 Å². The number of amides is 1. The number of carbonyl (C=O) groups excluding carboxylic acids is 1. The summed E-state index contributed by atoms with van der Waals surface area (Å²) in [4.78, 5) is 11.0. The predicted molar refractivity (Wildman–Crippen MR) is 35.2 cm³/mol. The van der Waals surface area contributed by atoms with Crippen LogP contribution in [0.1, 0.15) is 12.8 Å². The molecule has 56 valence electrons. The van der Waals surface area contributed by atoms with Gasteiger partial charge in [0.1, 0.15) is 0 Å². The van der Waals surface area contributed by atoms with Crippen molar-refractivity contribution in [2.24, 2.45) is 11.8 Å². The van der Waals surface area contributed by atoms with Gasteiger partial charge in [0.25, 0.3) is 0 Å². The zero-order chi connectivity index (χ0) is 7.14. The van der Waals surface area contributed by atoms with Crippen LogP contribution < -0.4 is 5.32 Å². The van der Waals surface area contributed by atoms with E-state index in [1.165, 1.54) is 0 Å². The standard InChI is InChI=1S/C7H11NO2/c9-6-2-1-4-5(6)3-8-7(4)10/h4-6,9H,1-3H2,(H,8,10). The Labute approximate surface area is 59.4 Å². The van der Waals surface area contributed by atoms with Crippen LogP contribution in [0.5, 0.6) is 0 Å². The number of hydrogen-bond donors (Lipinski definition) is 2. The molecule has 3 atom stereocenters. The Bertz CT molecular complexity index is 169. The third-order valence-electron chi connectivity index (χ3n) is 2.63. The summed E-state index contributed by atoms with van der Waals surface area (Å²) < 4.78 is 0. The van der Waals surface area contributed by atoms with E-state index in [0.717, 1.165) is 12.8 Å². The molecular formula is C7H11NO2. The Morgan fingerprint density at radius 2 is 2.30 bits per heavy atom. The minimum atomic E-state index is -0.232. The van der Waals surface area contributed by atoms with Crippen LogP contribution in [-0.2, 0) is 4.79 Å². The molecule has 0 aromatic heterocycles. The Morgan fingerprint density at radius 1 is 1.50 bits per heavy atom. The SMILES string of the molecule is O=C1NCC2C(O)CCC12. The van der Waals surface area contributed by atoms with E-state index in [9.17, 15) is 9.90 Å². The molecular weight excluding hydrogens is 130 g/mol. The molecule has 10 heavy (non-hydrogen) atoms. The van der Waals surface area contributed by atoms with Crippen LogP contribution in [0.3, 0.4) is 0 Å². The molecule has 2 aliphatic rings. The second kappa shape index (κ2) is 1.95. The van der Waals surface area contributed by atoms with Crippen molar-refractivity contribution in [2.45, 2.75) is 18.9 Å². The van der Waals surface area contributed by atoms with Gasteiger partial charge in [0.05, 0.1) is 6.10 Å². The first-order chi connectivity index (χ1) is 4.79. The first-order valence-corrected chi connectivity index (χ1v) is 3.75. The van der Waals surface area contributed by atoms with Gasteiger partial charge in [-0.1, -0.05) is 0 Å². The molecule has 2 rings (SSSR count). The second-order valence-electron chi connectivity index (χ2n) is 3.16. The molecule has 0 aromatic carbocycles. The topological polar surface area (TPSA) is 49.3 Å². The summed E-state index contributed by atoms with van der Waals surface area (Å²) in [6.07, 6.45) is 1.45. The number of aliphatic hydroxyl groups excluding tert-OH is 1. The Morgan fingerprint density at radius 3 is 3.00 bits per heavy atom.